The maximum Gasteiger partial charge on any atom is 0.316 e. The van der Waals surface area contributed by atoms with E-state index in [2.05, 4.69) is 11.7 Å². The summed E-state index contributed by atoms with van der Waals surface area (Å²) in [5.41, 5.74) is 0. The summed E-state index contributed by atoms with van der Waals surface area (Å²) in [5, 5.41) is 0. The van der Waals surface area contributed by atoms with Gasteiger partial charge in [0, 0.05) is 5.92 Å². The topological polar surface area (TPSA) is 43.4 Å². The molecule has 0 saturated heterocycles. The first-order chi connectivity index (χ1) is 7.60. The number of methoxy groups -OCH3 is 1. The maximum atomic E-state index is 12.1. The van der Waals surface area contributed by atoms with Crippen molar-refractivity contribution in [1.82, 2.24) is 0 Å². The van der Waals surface area contributed by atoms with E-state index in [4.69, 9.17) is 0 Å². The molecule has 0 aromatic carbocycles. The van der Waals surface area contributed by atoms with Gasteiger partial charge in [0.15, 0.2) is 0 Å². The lowest BCUT2D eigenvalue weighted by Crippen LogP contribution is -2.32. The molecule has 0 aromatic heterocycles. The highest BCUT2D eigenvalue weighted by Crippen LogP contribution is 2.31. The average molecular weight is 226 g/mol. The van der Waals surface area contributed by atoms with Gasteiger partial charge in [-0.25, -0.2) is 0 Å². The van der Waals surface area contributed by atoms with Crippen LogP contribution in [0.3, 0.4) is 0 Å². The van der Waals surface area contributed by atoms with E-state index >= 15 is 0 Å². The molecule has 0 heterocycles. The zero-order valence-electron chi connectivity index (χ0n) is 10.5. The monoisotopic (exact) mass is 226 g/mol. The van der Waals surface area contributed by atoms with Gasteiger partial charge in [-0.1, -0.05) is 26.7 Å². The molecule has 1 atom stereocenters. The smallest absolute Gasteiger partial charge is 0.316 e. The fourth-order valence-electron chi connectivity index (χ4n) is 2.46. The molecule has 1 aliphatic carbocycles. The van der Waals surface area contributed by atoms with Crippen molar-refractivity contribution in [2.24, 2.45) is 17.8 Å². The van der Waals surface area contributed by atoms with Crippen LogP contribution in [-0.2, 0) is 14.3 Å². The van der Waals surface area contributed by atoms with E-state index in [9.17, 15) is 9.59 Å². The molecule has 1 aliphatic rings. The largest absolute Gasteiger partial charge is 0.468 e. The van der Waals surface area contributed by atoms with Crippen LogP contribution < -0.4 is 0 Å². The Morgan fingerprint density at radius 1 is 1.25 bits per heavy atom. The minimum absolute atomic E-state index is 0.0836. The third-order valence-electron chi connectivity index (χ3n) is 3.66. The first-order valence-corrected chi connectivity index (χ1v) is 6.21. The molecule has 1 fully saturated rings. The van der Waals surface area contributed by atoms with E-state index in [0.717, 1.165) is 31.6 Å². The number of ketones is 1. The third kappa shape index (κ3) is 3.06. The van der Waals surface area contributed by atoms with Crippen LogP contribution in [0, 0.1) is 17.8 Å². The number of ether oxygens (including phenoxy) is 1. The molecular formula is C13H22O3. The highest BCUT2D eigenvalue weighted by atomic mass is 16.5. The van der Waals surface area contributed by atoms with Crippen LogP contribution in [0.1, 0.15) is 46.0 Å². The minimum Gasteiger partial charge on any atom is -0.468 e. The van der Waals surface area contributed by atoms with E-state index in [0.29, 0.717) is 6.42 Å². The predicted molar refractivity (Wildman–Crippen MR) is 61.9 cm³/mol. The Kier molecular flexibility index (Phi) is 4.97. The Balaban J connectivity index is 2.58. The van der Waals surface area contributed by atoms with E-state index < -0.39 is 5.92 Å². The zero-order chi connectivity index (χ0) is 12.1. The number of carbonyl (C=O) groups excluding carboxylic acids is 2. The van der Waals surface area contributed by atoms with Crippen molar-refractivity contribution in [3.05, 3.63) is 0 Å². The van der Waals surface area contributed by atoms with Gasteiger partial charge in [-0.05, 0) is 25.2 Å². The Bertz CT molecular complexity index is 252. The Labute approximate surface area is 97.5 Å². The van der Waals surface area contributed by atoms with Crippen LogP contribution >= 0.6 is 0 Å². The Morgan fingerprint density at radius 3 is 2.25 bits per heavy atom. The van der Waals surface area contributed by atoms with Crippen LogP contribution in [0.4, 0.5) is 0 Å². The first kappa shape index (κ1) is 13.2. The second-order valence-electron chi connectivity index (χ2n) is 4.84. The van der Waals surface area contributed by atoms with E-state index in [1.165, 1.54) is 7.11 Å². The number of hydrogen-bond acceptors (Lipinski definition) is 3. The lowest BCUT2D eigenvalue weighted by atomic mass is 9.77. The Morgan fingerprint density at radius 2 is 1.81 bits per heavy atom. The van der Waals surface area contributed by atoms with Gasteiger partial charge in [-0.3, -0.25) is 9.59 Å². The van der Waals surface area contributed by atoms with Crippen molar-refractivity contribution in [2.75, 3.05) is 7.11 Å². The van der Waals surface area contributed by atoms with Crippen molar-refractivity contribution in [3.8, 4) is 0 Å². The summed E-state index contributed by atoms with van der Waals surface area (Å²) in [6.45, 7) is 4.09. The number of hydrogen-bond donors (Lipinski definition) is 0. The van der Waals surface area contributed by atoms with Gasteiger partial charge in [0.1, 0.15) is 11.7 Å². The first-order valence-electron chi connectivity index (χ1n) is 6.21. The zero-order valence-corrected chi connectivity index (χ0v) is 10.5. The van der Waals surface area contributed by atoms with Gasteiger partial charge in [-0.15, -0.1) is 0 Å². The summed E-state index contributed by atoms with van der Waals surface area (Å²) in [7, 11) is 1.35. The van der Waals surface area contributed by atoms with Gasteiger partial charge in [-0.2, -0.15) is 0 Å². The van der Waals surface area contributed by atoms with E-state index in [1.54, 1.807) is 0 Å². The fraction of sp³-hybridized carbons (Fsp3) is 0.846. The van der Waals surface area contributed by atoms with E-state index in [-0.39, 0.29) is 17.7 Å². The van der Waals surface area contributed by atoms with Gasteiger partial charge in [0.2, 0.25) is 0 Å². The molecule has 0 N–H and O–H groups in total. The third-order valence-corrected chi connectivity index (χ3v) is 3.66. The summed E-state index contributed by atoms with van der Waals surface area (Å²) < 4.78 is 4.68. The van der Waals surface area contributed by atoms with Gasteiger partial charge < -0.3 is 4.74 Å². The molecule has 92 valence electrons. The molecule has 0 aliphatic heterocycles. The summed E-state index contributed by atoms with van der Waals surface area (Å²) in [4.78, 5) is 23.6. The molecule has 3 nitrogen and oxygen atoms in total. The van der Waals surface area contributed by atoms with Crippen molar-refractivity contribution < 1.29 is 14.3 Å². The second-order valence-corrected chi connectivity index (χ2v) is 4.84. The summed E-state index contributed by atoms with van der Waals surface area (Å²) in [6, 6.07) is 0. The van der Waals surface area contributed by atoms with Crippen LogP contribution in [0.5, 0.6) is 0 Å². The molecule has 0 aromatic rings. The molecule has 0 spiro atoms. The molecular weight excluding hydrogens is 204 g/mol. The molecule has 3 heteroatoms. The van der Waals surface area contributed by atoms with Crippen molar-refractivity contribution in [1.29, 1.82) is 0 Å². The van der Waals surface area contributed by atoms with Crippen LogP contribution in [0.25, 0.3) is 0 Å². The van der Waals surface area contributed by atoms with Gasteiger partial charge >= 0.3 is 5.97 Å². The van der Waals surface area contributed by atoms with Crippen LogP contribution in [-0.4, -0.2) is 18.9 Å². The molecule has 1 unspecified atom stereocenters. The SMILES string of the molecule is CCC(C(=O)OC)C(=O)C1CCC(C)CC1. The number of rotatable bonds is 4. The molecule has 0 amide bonds. The molecule has 0 bridgehead atoms. The van der Waals surface area contributed by atoms with Crippen LogP contribution in [0.2, 0.25) is 0 Å². The predicted octanol–water partition coefficient (Wildman–Crippen LogP) is 2.58. The standard InChI is InChI=1S/C13H22O3/c1-4-11(13(15)16-3)12(14)10-7-5-9(2)6-8-10/h9-11H,4-8H2,1-3H3. The van der Waals surface area contributed by atoms with Gasteiger partial charge in [0.05, 0.1) is 7.11 Å². The average Bonchev–Trinajstić information content (AvgIpc) is 2.30. The van der Waals surface area contributed by atoms with Crippen molar-refractivity contribution >= 4 is 11.8 Å². The van der Waals surface area contributed by atoms with Gasteiger partial charge in [0.25, 0.3) is 0 Å². The lowest BCUT2D eigenvalue weighted by molar-refractivity contribution is -0.151. The van der Waals surface area contributed by atoms with Crippen LogP contribution in [0.15, 0.2) is 0 Å². The van der Waals surface area contributed by atoms with Crippen molar-refractivity contribution in [2.45, 2.75) is 46.0 Å². The second kappa shape index (κ2) is 6.02. The number of Topliss-reactive ketones (excluding diaryl/α,β-unsaturated/α-hetero) is 1. The molecule has 16 heavy (non-hydrogen) atoms. The Hall–Kier alpha value is -0.860. The summed E-state index contributed by atoms with van der Waals surface area (Å²) in [6.07, 6.45) is 4.64. The lowest BCUT2D eigenvalue weighted by Gasteiger charge is -2.27. The molecule has 1 rings (SSSR count). The van der Waals surface area contributed by atoms with Crippen molar-refractivity contribution in [3.63, 3.8) is 0 Å². The highest BCUT2D eigenvalue weighted by molar-refractivity contribution is 6.00. The maximum absolute atomic E-state index is 12.1. The fourth-order valence-corrected chi connectivity index (χ4v) is 2.46. The molecule has 1 saturated carbocycles. The highest BCUT2D eigenvalue weighted by Gasteiger charge is 2.33. The summed E-state index contributed by atoms with van der Waals surface area (Å²) in [5.74, 6) is -0.00159. The minimum atomic E-state index is -0.539. The number of esters is 1. The van der Waals surface area contributed by atoms with E-state index in [1.807, 2.05) is 6.92 Å². The summed E-state index contributed by atoms with van der Waals surface area (Å²) >= 11 is 0. The number of carbonyl (C=O) groups is 2. The quantitative estimate of drug-likeness (QED) is 0.546. The molecule has 0 radical (unpaired) electrons. The normalized spacial score (nSPS) is 27.2.